The van der Waals surface area contributed by atoms with Gasteiger partial charge in [-0.15, -0.1) is 11.3 Å². The number of ketones is 1. The summed E-state index contributed by atoms with van der Waals surface area (Å²) in [7, 11) is 0. The molecule has 0 saturated heterocycles. The summed E-state index contributed by atoms with van der Waals surface area (Å²) >= 11 is 3.74. The lowest BCUT2D eigenvalue weighted by Crippen LogP contribution is -2.12. The summed E-state index contributed by atoms with van der Waals surface area (Å²) < 4.78 is 0.691. The standard InChI is InChI=1S/C9H7N3OS3/c10-8-12-9(11)16-7(15-8)4-5(13)6-2-1-3-14-6/h1-4H,(H3,10,11,12). The summed E-state index contributed by atoms with van der Waals surface area (Å²) in [6, 6.07) is 3.60. The van der Waals surface area contributed by atoms with Gasteiger partial charge in [0.1, 0.15) is 0 Å². The van der Waals surface area contributed by atoms with Gasteiger partial charge in [-0.25, -0.2) is 0 Å². The molecule has 0 bridgehead atoms. The molecule has 2 rings (SSSR count). The van der Waals surface area contributed by atoms with Crippen LogP contribution in [-0.2, 0) is 0 Å². The molecule has 0 aromatic carbocycles. The van der Waals surface area contributed by atoms with Crippen molar-refractivity contribution in [2.75, 3.05) is 0 Å². The first-order chi connectivity index (χ1) is 7.65. The van der Waals surface area contributed by atoms with Crippen LogP contribution < -0.4 is 5.73 Å². The average molecular weight is 269 g/mol. The Hall–Kier alpha value is -1.05. The van der Waals surface area contributed by atoms with E-state index in [0.29, 0.717) is 14.3 Å². The van der Waals surface area contributed by atoms with Gasteiger partial charge in [-0.05, 0) is 35.0 Å². The maximum atomic E-state index is 11.7. The van der Waals surface area contributed by atoms with Gasteiger partial charge < -0.3 is 5.73 Å². The Labute approximate surface area is 105 Å². The number of nitrogens with one attached hydrogen (secondary N) is 1. The van der Waals surface area contributed by atoms with Crippen LogP contribution in [0.2, 0.25) is 0 Å². The lowest BCUT2D eigenvalue weighted by Gasteiger charge is -2.09. The summed E-state index contributed by atoms with van der Waals surface area (Å²) in [6.45, 7) is 0. The number of rotatable bonds is 2. The fourth-order valence-electron chi connectivity index (χ4n) is 1.02. The van der Waals surface area contributed by atoms with Gasteiger partial charge >= 0.3 is 0 Å². The molecule has 1 aliphatic rings. The molecule has 0 spiro atoms. The highest BCUT2D eigenvalue weighted by Crippen LogP contribution is 2.34. The summed E-state index contributed by atoms with van der Waals surface area (Å²) in [4.78, 5) is 16.2. The smallest absolute Gasteiger partial charge is 0.197 e. The normalized spacial score (nSPS) is 18.6. The van der Waals surface area contributed by atoms with E-state index in [1.54, 1.807) is 6.07 Å². The van der Waals surface area contributed by atoms with Crippen LogP contribution in [0, 0.1) is 5.41 Å². The number of hydrogen-bond donors (Lipinski definition) is 2. The van der Waals surface area contributed by atoms with Crippen molar-refractivity contribution in [2.45, 2.75) is 0 Å². The van der Waals surface area contributed by atoms with E-state index in [0.717, 1.165) is 11.8 Å². The molecule has 0 atom stereocenters. The van der Waals surface area contributed by atoms with E-state index in [2.05, 4.69) is 4.99 Å². The summed E-state index contributed by atoms with van der Waals surface area (Å²) in [5.74, 6) is -0.0625. The second kappa shape index (κ2) is 4.86. The maximum Gasteiger partial charge on any atom is 0.197 e. The molecule has 82 valence electrons. The van der Waals surface area contributed by atoms with Gasteiger partial charge in [0.25, 0.3) is 0 Å². The minimum absolute atomic E-state index is 0.0625. The summed E-state index contributed by atoms with van der Waals surface area (Å²) in [6.07, 6.45) is 1.50. The molecular weight excluding hydrogens is 262 g/mol. The number of allylic oxidation sites excluding steroid dienone is 1. The molecule has 1 aromatic heterocycles. The Morgan fingerprint density at radius 2 is 2.31 bits per heavy atom. The molecule has 0 aliphatic carbocycles. The summed E-state index contributed by atoms with van der Waals surface area (Å²) in [5.41, 5.74) is 5.52. The predicted molar refractivity (Wildman–Crippen MR) is 71.3 cm³/mol. The van der Waals surface area contributed by atoms with Crippen molar-refractivity contribution in [1.82, 2.24) is 0 Å². The number of hydrogen-bond acceptors (Lipinski definition) is 6. The number of carbonyl (C=O) groups excluding carboxylic acids is 1. The first kappa shape index (κ1) is 11.4. The molecule has 7 heteroatoms. The second-order valence-corrected chi connectivity index (χ2v) is 6.06. The topological polar surface area (TPSA) is 79.3 Å². The minimum atomic E-state index is -0.0625. The molecule has 4 nitrogen and oxygen atoms in total. The second-order valence-electron chi connectivity index (χ2n) is 2.76. The van der Waals surface area contributed by atoms with Crippen LogP contribution in [0.3, 0.4) is 0 Å². The van der Waals surface area contributed by atoms with Crippen molar-refractivity contribution in [3.05, 3.63) is 32.7 Å². The fraction of sp³-hybridized carbons (Fsp3) is 0. The van der Waals surface area contributed by atoms with Crippen molar-refractivity contribution in [2.24, 2.45) is 10.7 Å². The molecule has 1 aliphatic heterocycles. The first-order valence-corrected chi connectivity index (χ1v) is 6.74. The molecule has 0 saturated carbocycles. The van der Waals surface area contributed by atoms with Gasteiger partial charge in [-0.3, -0.25) is 10.2 Å². The molecule has 0 fully saturated rings. The fourth-order valence-corrected chi connectivity index (χ4v) is 3.38. The van der Waals surface area contributed by atoms with Crippen LogP contribution in [0.15, 0.2) is 32.8 Å². The molecule has 0 unspecified atom stereocenters. The Balaban J connectivity index is 2.17. The Morgan fingerprint density at radius 1 is 1.50 bits per heavy atom. The zero-order chi connectivity index (χ0) is 11.5. The van der Waals surface area contributed by atoms with Crippen molar-refractivity contribution in [1.29, 1.82) is 5.41 Å². The maximum absolute atomic E-state index is 11.7. The van der Waals surface area contributed by atoms with Crippen molar-refractivity contribution < 1.29 is 4.79 Å². The zero-order valence-electron chi connectivity index (χ0n) is 7.97. The predicted octanol–water partition coefficient (Wildman–Crippen LogP) is 2.50. The van der Waals surface area contributed by atoms with Crippen LogP contribution in [0.4, 0.5) is 0 Å². The van der Waals surface area contributed by atoms with Crippen molar-refractivity contribution in [3.63, 3.8) is 0 Å². The molecule has 0 amide bonds. The molecule has 2 heterocycles. The van der Waals surface area contributed by atoms with Gasteiger partial charge in [-0.1, -0.05) is 6.07 Å². The number of thioether (sulfide) groups is 2. The minimum Gasteiger partial charge on any atom is -0.378 e. The van der Waals surface area contributed by atoms with Gasteiger partial charge in [-0.2, -0.15) is 4.99 Å². The Morgan fingerprint density at radius 3 is 2.94 bits per heavy atom. The largest absolute Gasteiger partial charge is 0.378 e. The first-order valence-electron chi connectivity index (χ1n) is 4.23. The highest BCUT2D eigenvalue weighted by Gasteiger charge is 2.15. The molecule has 3 N–H and O–H groups in total. The number of nitrogens with zero attached hydrogens (tertiary/aromatic N) is 1. The van der Waals surface area contributed by atoms with E-state index in [4.69, 9.17) is 11.1 Å². The number of nitrogens with two attached hydrogens (primary N) is 1. The van der Waals surface area contributed by atoms with Gasteiger partial charge in [0, 0.05) is 6.08 Å². The lowest BCUT2D eigenvalue weighted by molar-refractivity contribution is 0.105. The zero-order valence-corrected chi connectivity index (χ0v) is 10.4. The summed E-state index contributed by atoms with van der Waals surface area (Å²) in [5, 5.41) is 9.67. The van der Waals surface area contributed by atoms with Crippen LogP contribution >= 0.6 is 34.9 Å². The van der Waals surface area contributed by atoms with Crippen LogP contribution in [0.5, 0.6) is 0 Å². The number of aliphatic imine (C=N–C) groups is 1. The van der Waals surface area contributed by atoms with E-state index in [-0.39, 0.29) is 11.0 Å². The van der Waals surface area contributed by atoms with Crippen LogP contribution in [-0.4, -0.2) is 16.1 Å². The lowest BCUT2D eigenvalue weighted by atomic mass is 10.3. The third-order valence-corrected chi connectivity index (χ3v) is 4.23. The van der Waals surface area contributed by atoms with Gasteiger partial charge in [0.15, 0.2) is 16.1 Å². The Kier molecular flexibility index (Phi) is 3.47. The molecule has 1 aromatic rings. The van der Waals surface area contributed by atoms with Crippen LogP contribution in [0.1, 0.15) is 9.67 Å². The van der Waals surface area contributed by atoms with Crippen LogP contribution in [0.25, 0.3) is 0 Å². The third kappa shape index (κ3) is 2.75. The van der Waals surface area contributed by atoms with Crippen molar-refractivity contribution >= 4 is 51.0 Å². The number of amidine groups is 2. The molecular formula is C9H7N3OS3. The molecule has 0 radical (unpaired) electrons. The SMILES string of the molecule is N=C1N=C(N)S/C(=C\C(=O)c2cccs2)S1. The van der Waals surface area contributed by atoms with E-state index in [1.807, 2.05) is 11.4 Å². The van der Waals surface area contributed by atoms with E-state index < -0.39 is 0 Å². The van der Waals surface area contributed by atoms with Crippen molar-refractivity contribution in [3.8, 4) is 0 Å². The highest BCUT2D eigenvalue weighted by atomic mass is 32.2. The third-order valence-electron chi connectivity index (χ3n) is 1.63. The van der Waals surface area contributed by atoms with Gasteiger partial charge in [0.2, 0.25) is 0 Å². The quantitative estimate of drug-likeness (QED) is 0.638. The average Bonchev–Trinajstić information content (AvgIpc) is 2.68. The number of thiophene rings is 1. The highest BCUT2D eigenvalue weighted by molar-refractivity contribution is 8.35. The Bertz CT molecular complexity index is 490. The molecule has 16 heavy (non-hydrogen) atoms. The van der Waals surface area contributed by atoms with E-state index >= 15 is 0 Å². The van der Waals surface area contributed by atoms with Gasteiger partial charge in [0.05, 0.1) is 9.11 Å². The number of carbonyl (C=O) groups is 1. The van der Waals surface area contributed by atoms with E-state index in [9.17, 15) is 4.79 Å². The monoisotopic (exact) mass is 269 g/mol. The van der Waals surface area contributed by atoms with E-state index in [1.165, 1.54) is 29.2 Å².